The number of cyclic esters (lactones) is 1. The molecule has 1 aliphatic heterocycles. The van der Waals surface area contributed by atoms with E-state index in [0.29, 0.717) is 19.3 Å². The molecular formula is C19H28O7. The quantitative estimate of drug-likeness (QED) is 0.386. The van der Waals surface area contributed by atoms with Crippen LogP contribution in [0.5, 0.6) is 0 Å². The second-order valence-corrected chi connectivity index (χ2v) is 7.07. The summed E-state index contributed by atoms with van der Waals surface area (Å²) in [6.45, 7) is 1.84. The highest BCUT2D eigenvalue weighted by atomic mass is 16.5. The van der Waals surface area contributed by atoms with E-state index in [-0.39, 0.29) is 12.8 Å². The average Bonchev–Trinajstić information content (AvgIpc) is 2.58. The number of allylic oxidation sites excluding steroid dienone is 1. The summed E-state index contributed by atoms with van der Waals surface area (Å²) in [5.41, 5.74) is 0. The molecule has 2 aliphatic rings. The standard InChI is InChI=1S/C19H28O7/c1-2-13-6-4-8-15(22)18(24)14(21)7-3-5-11-9-12(20)10-16(23)17(11)19(25)26-13/h3-5,8,11-14,16-18,20-21,23-24H,2,6-7,9-10H2,1H3/b5-3+,8-4-. The predicted molar refractivity (Wildman–Crippen MR) is 92.9 cm³/mol. The molecule has 146 valence electrons. The highest BCUT2D eigenvalue weighted by molar-refractivity contribution is 5.93. The molecule has 0 spiro atoms. The number of ether oxygens (including phenoxy) is 1. The maximum Gasteiger partial charge on any atom is 0.312 e. The summed E-state index contributed by atoms with van der Waals surface area (Å²) in [6.07, 6.45) is 2.14. The van der Waals surface area contributed by atoms with Gasteiger partial charge >= 0.3 is 5.97 Å². The van der Waals surface area contributed by atoms with E-state index in [1.165, 1.54) is 12.2 Å². The Morgan fingerprint density at radius 3 is 2.46 bits per heavy atom. The summed E-state index contributed by atoms with van der Waals surface area (Å²) in [5, 5.41) is 40.1. The monoisotopic (exact) mass is 368 g/mol. The minimum Gasteiger partial charge on any atom is -0.462 e. The lowest BCUT2D eigenvalue weighted by molar-refractivity contribution is -0.164. The topological polar surface area (TPSA) is 124 Å². The molecule has 0 bridgehead atoms. The molecule has 1 saturated carbocycles. The molecule has 2 rings (SSSR count). The van der Waals surface area contributed by atoms with Gasteiger partial charge in [-0.05, 0) is 31.3 Å². The lowest BCUT2D eigenvalue weighted by atomic mass is 9.75. The van der Waals surface area contributed by atoms with E-state index in [1.807, 2.05) is 6.92 Å². The molecule has 4 N–H and O–H groups in total. The van der Waals surface area contributed by atoms with E-state index >= 15 is 0 Å². The molecule has 0 aromatic rings. The lowest BCUT2D eigenvalue weighted by Gasteiger charge is -2.35. The number of esters is 1. The minimum absolute atomic E-state index is 0.0167. The van der Waals surface area contributed by atoms with Crippen LogP contribution in [0.15, 0.2) is 24.3 Å². The van der Waals surface area contributed by atoms with Crippen molar-refractivity contribution in [2.45, 2.75) is 69.5 Å². The molecule has 0 aromatic heterocycles. The van der Waals surface area contributed by atoms with Gasteiger partial charge in [0.25, 0.3) is 0 Å². The number of carbonyl (C=O) groups excluding carboxylic acids is 2. The number of aliphatic hydroxyl groups excluding tert-OH is 4. The van der Waals surface area contributed by atoms with Crippen LogP contribution >= 0.6 is 0 Å². The number of hydrogen-bond donors (Lipinski definition) is 4. The summed E-state index contributed by atoms with van der Waals surface area (Å²) in [4.78, 5) is 24.5. The zero-order chi connectivity index (χ0) is 19.3. The maximum absolute atomic E-state index is 12.6. The van der Waals surface area contributed by atoms with Gasteiger partial charge in [0.15, 0.2) is 5.78 Å². The maximum atomic E-state index is 12.6. The minimum atomic E-state index is -1.53. The van der Waals surface area contributed by atoms with Crippen molar-refractivity contribution in [1.82, 2.24) is 0 Å². The molecule has 7 atom stereocenters. The van der Waals surface area contributed by atoms with Gasteiger partial charge in [0.2, 0.25) is 0 Å². The van der Waals surface area contributed by atoms with Crippen molar-refractivity contribution < 1.29 is 34.8 Å². The zero-order valence-corrected chi connectivity index (χ0v) is 14.9. The third kappa shape index (κ3) is 5.23. The third-order valence-electron chi connectivity index (χ3n) is 5.04. The summed E-state index contributed by atoms with van der Waals surface area (Å²) in [5.74, 6) is -2.37. The van der Waals surface area contributed by atoms with Crippen LogP contribution in [0.3, 0.4) is 0 Å². The highest BCUT2D eigenvalue weighted by Gasteiger charge is 2.41. The van der Waals surface area contributed by atoms with Crippen LogP contribution in [0.4, 0.5) is 0 Å². The van der Waals surface area contributed by atoms with Crippen LogP contribution < -0.4 is 0 Å². The van der Waals surface area contributed by atoms with Crippen molar-refractivity contribution >= 4 is 11.8 Å². The van der Waals surface area contributed by atoms with Crippen molar-refractivity contribution in [3.8, 4) is 0 Å². The first kappa shape index (κ1) is 20.8. The summed E-state index contributed by atoms with van der Waals surface area (Å²) >= 11 is 0. The van der Waals surface area contributed by atoms with Gasteiger partial charge in [-0.3, -0.25) is 9.59 Å². The molecule has 26 heavy (non-hydrogen) atoms. The fraction of sp³-hybridized carbons (Fsp3) is 0.684. The summed E-state index contributed by atoms with van der Waals surface area (Å²) in [6, 6.07) is 0. The van der Waals surface area contributed by atoms with Crippen LogP contribution in [0, 0.1) is 11.8 Å². The fourth-order valence-electron chi connectivity index (χ4n) is 3.48. The second-order valence-electron chi connectivity index (χ2n) is 7.07. The molecule has 7 unspecified atom stereocenters. The molecule has 1 aliphatic carbocycles. The van der Waals surface area contributed by atoms with Gasteiger partial charge in [-0.2, -0.15) is 0 Å². The van der Waals surface area contributed by atoms with Crippen molar-refractivity contribution in [3.05, 3.63) is 24.3 Å². The number of hydrogen-bond acceptors (Lipinski definition) is 7. The van der Waals surface area contributed by atoms with Crippen molar-refractivity contribution in [3.63, 3.8) is 0 Å². The average molecular weight is 368 g/mol. The van der Waals surface area contributed by atoms with Gasteiger partial charge in [0.1, 0.15) is 12.2 Å². The van der Waals surface area contributed by atoms with E-state index in [2.05, 4.69) is 0 Å². The molecule has 0 amide bonds. The fourth-order valence-corrected chi connectivity index (χ4v) is 3.48. The molecule has 0 radical (unpaired) electrons. The first-order valence-corrected chi connectivity index (χ1v) is 9.13. The summed E-state index contributed by atoms with van der Waals surface area (Å²) in [7, 11) is 0. The Morgan fingerprint density at radius 1 is 1.04 bits per heavy atom. The normalized spacial score (nSPS) is 42.3. The first-order chi connectivity index (χ1) is 12.3. The lowest BCUT2D eigenvalue weighted by Crippen LogP contribution is -2.44. The molecule has 7 heteroatoms. The van der Waals surface area contributed by atoms with E-state index in [1.54, 1.807) is 12.2 Å². The predicted octanol–water partition coefficient (Wildman–Crippen LogP) is 0.253. The molecule has 1 heterocycles. The Morgan fingerprint density at radius 2 is 1.77 bits per heavy atom. The largest absolute Gasteiger partial charge is 0.462 e. The SMILES string of the molecule is CCC1C/C=C\C(=O)C(O)C(O)C/C=C/C2CC(O)CC(O)C2C(=O)O1. The van der Waals surface area contributed by atoms with Crippen LogP contribution in [0.2, 0.25) is 0 Å². The molecule has 7 nitrogen and oxygen atoms in total. The molecular weight excluding hydrogens is 340 g/mol. The van der Waals surface area contributed by atoms with Gasteiger partial charge in [0, 0.05) is 12.8 Å². The van der Waals surface area contributed by atoms with Gasteiger partial charge < -0.3 is 25.2 Å². The number of rotatable bonds is 1. The Bertz CT molecular complexity index is 556. The Labute approximate surface area is 153 Å². The van der Waals surface area contributed by atoms with E-state index in [4.69, 9.17) is 4.74 Å². The van der Waals surface area contributed by atoms with Gasteiger partial charge in [-0.1, -0.05) is 25.2 Å². The first-order valence-electron chi connectivity index (χ1n) is 9.13. The van der Waals surface area contributed by atoms with Gasteiger partial charge in [-0.25, -0.2) is 0 Å². The van der Waals surface area contributed by atoms with Crippen molar-refractivity contribution in [2.24, 2.45) is 11.8 Å². The van der Waals surface area contributed by atoms with E-state index in [9.17, 15) is 30.0 Å². The van der Waals surface area contributed by atoms with Crippen LogP contribution in [-0.4, -0.2) is 62.7 Å². The Balaban J connectivity index is 2.27. The Hall–Kier alpha value is -1.54. The molecule has 0 aromatic carbocycles. The number of aliphatic hydroxyl groups is 4. The van der Waals surface area contributed by atoms with Crippen LogP contribution in [0.1, 0.15) is 39.0 Å². The van der Waals surface area contributed by atoms with Crippen molar-refractivity contribution in [1.29, 1.82) is 0 Å². The smallest absolute Gasteiger partial charge is 0.312 e. The number of ketones is 1. The number of fused-ring (bicyclic) bond motifs is 1. The van der Waals surface area contributed by atoms with Gasteiger partial charge in [0.05, 0.1) is 24.2 Å². The van der Waals surface area contributed by atoms with Gasteiger partial charge in [-0.15, -0.1) is 0 Å². The highest BCUT2D eigenvalue weighted by Crippen LogP contribution is 2.33. The van der Waals surface area contributed by atoms with E-state index < -0.39 is 54.1 Å². The molecule has 0 saturated heterocycles. The van der Waals surface area contributed by atoms with Crippen molar-refractivity contribution in [2.75, 3.05) is 0 Å². The molecule has 1 fully saturated rings. The van der Waals surface area contributed by atoms with Crippen LogP contribution in [0.25, 0.3) is 0 Å². The second kappa shape index (κ2) is 9.41. The van der Waals surface area contributed by atoms with E-state index in [0.717, 1.165) is 0 Å². The summed E-state index contributed by atoms with van der Waals surface area (Å²) < 4.78 is 5.51. The number of carbonyl (C=O) groups is 2. The Kier molecular flexibility index (Phi) is 7.52. The van der Waals surface area contributed by atoms with Crippen LogP contribution in [-0.2, 0) is 14.3 Å². The third-order valence-corrected chi connectivity index (χ3v) is 5.04. The zero-order valence-electron chi connectivity index (χ0n) is 14.9.